The number of anilines is 1. The Morgan fingerprint density at radius 1 is 1.35 bits per heavy atom. The van der Waals surface area contributed by atoms with Crippen molar-refractivity contribution < 1.29 is 4.74 Å². The molecule has 1 aromatic carbocycles. The lowest BCUT2D eigenvalue weighted by atomic mass is 10.0. The van der Waals surface area contributed by atoms with Crippen LogP contribution in [0.2, 0.25) is 0 Å². The minimum atomic E-state index is 0.0844. The normalized spacial score (nSPS) is 16.8. The quantitative estimate of drug-likeness (QED) is 0.830. The summed E-state index contributed by atoms with van der Waals surface area (Å²) in [6.45, 7) is 2.73. The summed E-state index contributed by atoms with van der Waals surface area (Å²) < 4.78 is 6.69. The molecule has 1 aliphatic rings. The SMILES string of the molecule is CCCc1nc(C2COc3ccccc32)nc(N)c1I. The number of halogens is 1. The van der Waals surface area contributed by atoms with E-state index >= 15 is 0 Å². The van der Waals surface area contributed by atoms with E-state index in [1.807, 2.05) is 18.2 Å². The van der Waals surface area contributed by atoms with Crippen LogP contribution in [-0.2, 0) is 6.42 Å². The predicted octanol–water partition coefficient (Wildman–Crippen LogP) is 3.14. The molecule has 0 amide bonds. The van der Waals surface area contributed by atoms with Crippen LogP contribution in [0, 0.1) is 3.57 Å². The first kappa shape index (κ1) is 13.6. The van der Waals surface area contributed by atoms with Gasteiger partial charge in [-0.25, -0.2) is 9.97 Å². The molecule has 0 aliphatic carbocycles. The first-order chi connectivity index (χ1) is 9.70. The summed E-state index contributed by atoms with van der Waals surface area (Å²) >= 11 is 2.23. The van der Waals surface area contributed by atoms with Crippen molar-refractivity contribution in [2.75, 3.05) is 12.3 Å². The van der Waals surface area contributed by atoms with Gasteiger partial charge >= 0.3 is 0 Å². The van der Waals surface area contributed by atoms with Gasteiger partial charge in [0.1, 0.15) is 24.0 Å². The standard InChI is InChI=1S/C15H16IN3O/c1-2-5-11-13(16)14(17)19-15(18-11)10-8-20-12-7-4-3-6-9(10)12/h3-4,6-7,10H,2,5,8H2,1H3,(H2,17,18,19). The zero-order chi connectivity index (χ0) is 14.1. The Hall–Kier alpha value is -1.37. The van der Waals surface area contributed by atoms with Gasteiger partial charge in [0.2, 0.25) is 0 Å². The van der Waals surface area contributed by atoms with Crippen LogP contribution in [0.4, 0.5) is 5.82 Å². The number of nitrogens with two attached hydrogens (primary N) is 1. The van der Waals surface area contributed by atoms with E-state index in [9.17, 15) is 0 Å². The number of aryl methyl sites for hydroxylation is 1. The van der Waals surface area contributed by atoms with Gasteiger partial charge in [0, 0.05) is 5.56 Å². The van der Waals surface area contributed by atoms with Gasteiger partial charge in [-0.3, -0.25) is 0 Å². The Morgan fingerprint density at radius 3 is 2.95 bits per heavy atom. The van der Waals surface area contributed by atoms with Crippen molar-refractivity contribution in [3.05, 3.63) is 44.9 Å². The van der Waals surface area contributed by atoms with E-state index in [1.54, 1.807) is 0 Å². The molecule has 4 nitrogen and oxygen atoms in total. The van der Waals surface area contributed by atoms with Crippen LogP contribution in [0.5, 0.6) is 5.75 Å². The zero-order valence-corrected chi connectivity index (χ0v) is 13.4. The maximum absolute atomic E-state index is 6.04. The number of nitrogens with zero attached hydrogens (tertiary/aromatic N) is 2. The van der Waals surface area contributed by atoms with Crippen LogP contribution in [0.25, 0.3) is 0 Å². The Bertz CT molecular complexity index is 645. The molecule has 2 aromatic rings. The lowest BCUT2D eigenvalue weighted by molar-refractivity contribution is 0.339. The van der Waals surface area contributed by atoms with Gasteiger partial charge in [-0.2, -0.15) is 0 Å². The lowest BCUT2D eigenvalue weighted by Crippen LogP contribution is -2.13. The average Bonchev–Trinajstić information content (AvgIpc) is 2.88. The fourth-order valence-corrected chi connectivity index (χ4v) is 2.98. The van der Waals surface area contributed by atoms with E-state index in [4.69, 9.17) is 15.5 Å². The largest absolute Gasteiger partial charge is 0.492 e. The predicted molar refractivity (Wildman–Crippen MR) is 86.9 cm³/mol. The van der Waals surface area contributed by atoms with Crippen molar-refractivity contribution in [2.45, 2.75) is 25.7 Å². The summed E-state index contributed by atoms with van der Waals surface area (Å²) in [5.41, 5.74) is 8.23. The van der Waals surface area contributed by atoms with Crippen LogP contribution in [0.3, 0.4) is 0 Å². The molecule has 1 aliphatic heterocycles. The highest BCUT2D eigenvalue weighted by atomic mass is 127. The molecule has 1 unspecified atom stereocenters. The second kappa shape index (κ2) is 5.55. The summed E-state index contributed by atoms with van der Waals surface area (Å²) in [6, 6.07) is 8.05. The van der Waals surface area contributed by atoms with Crippen LogP contribution in [0.15, 0.2) is 24.3 Å². The number of fused-ring (bicyclic) bond motifs is 1. The Morgan fingerprint density at radius 2 is 2.15 bits per heavy atom. The Balaban J connectivity index is 2.03. The van der Waals surface area contributed by atoms with Crippen molar-refractivity contribution in [1.82, 2.24) is 9.97 Å². The number of benzene rings is 1. The van der Waals surface area contributed by atoms with E-state index in [0.29, 0.717) is 12.4 Å². The van der Waals surface area contributed by atoms with Gasteiger partial charge in [-0.1, -0.05) is 31.5 Å². The van der Waals surface area contributed by atoms with E-state index in [-0.39, 0.29) is 5.92 Å². The highest BCUT2D eigenvalue weighted by Crippen LogP contribution is 2.37. The second-order valence-electron chi connectivity index (χ2n) is 4.88. The number of para-hydroxylation sites is 1. The highest BCUT2D eigenvalue weighted by Gasteiger charge is 2.28. The molecule has 20 heavy (non-hydrogen) atoms. The molecule has 0 saturated carbocycles. The van der Waals surface area contributed by atoms with Gasteiger partial charge in [0.05, 0.1) is 15.2 Å². The van der Waals surface area contributed by atoms with Crippen LogP contribution in [-0.4, -0.2) is 16.6 Å². The van der Waals surface area contributed by atoms with Gasteiger partial charge < -0.3 is 10.5 Å². The topological polar surface area (TPSA) is 61.0 Å². The third-order valence-electron chi connectivity index (χ3n) is 3.46. The molecule has 2 heterocycles. The maximum atomic E-state index is 6.04. The van der Waals surface area contributed by atoms with Gasteiger partial charge in [0.15, 0.2) is 0 Å². The van der Waals surface area contributed by atoms with Crippen LogP contribution >= 0.6 is 22.6 Å². The van der Waals surface area contributed by atoms with Crippen molar-refractivity contribution in [2.24, 2.45) is 0 Å². The molecule has 0 fully saturated rings. The third kappa shape index (κ3) is 2.34. The number of aromatic nitrogens is 2. The molecular weight excluding hydrogens is 365 g/mol. The summed E-state index contributed by atoms with van der Waals surface area (Å²) in [5.74, 6) is 2.36. The number of ether oxygens (including phenoxy) is 1. The summed E-state index contributed by atoms with van der Waals surface area (Å²) in [5, 5.41) is 0. The number of hydrogen-bond donors (Lipinski definition) is 1. The van der Waals surface area contributed by atoms with E-state index in [1.165, 1.54) is 0 Å². The summed E-state index contributed by atoms with van der Waals surface area (Å²) in [7, 11) is 0. The minimum Gasteiger partial charge on any atom is -0.492 e. The van der Waals surface area contributed by atoms with Crippen molar-refractivity contribution in [3.8, 4) is 5.75 Å². The molecule has 2 N–H and O–H groups in total. The van der Waals surface area contributed by atoms with Crippen LogP contribution < -0.4 is 10.5 Å². The zero-order valence-electron chi connectivity index (χ0n) is 11.3. The smallest absolute Gasteiger partial charge is 0.142 e. The summed E-state index contributed by atoms with van der Waals surface area (Å²) in [4.78, 5) is 9.20. The molecule has 0 bridgehead atoms. The van der Waals surface area contributed by atoms with Gasteiger partial charge in [-0.05, 0) is 35.1 Å². The average molecular weight is 381 g/mol. The molecular formula is C15H16IN3O. The molecule has 0 saturated heterocycles. The lowest BCUT2D eigenvalue weighted by Gasteiger charge is -2.12. The van der Waals surface area contributed by atoms with E-state index in [2.05, 4.69) is 40.6 Å². The van der Waals surface area contributed by atoms with Gasteiger partial charge in [-0.15, -0.1) is 0 Å². The molecule has 0 spiro atoms. The first-order valence-corrected chi connectivity index (χ1v) is 7.82. The maximum Gasteiger partial charge on any atom is 0.142 e. The fraction of sp³-hybridized carbons (Fsp3) is 0.333. The molecule has 104 valence electrons. The number of hydrogen-bond acceptors (Lipinski definition) is 4. The van der Waals surface area contributed by atoms with E-state index < -0.39 is 0 Å². The molecule has 3 rings (SSSR count). The second-order valence-corrected chi connectivity index (χ2v) is 5.96. The molecule has 1 aromatic heterocycles. The minimum absolute atomic E-state index is 0.0844. The fourth-order valence-electron chi connectivity index (χ4n) is 2.47. The Labute approximate surface area is 131 Å². The van der Waals surface area contributed by atoms with Crippen LogP contribution in [0.1, 0.15) is 36.3 Å². The summed E-state index contributed by atoms with van der Waals surface area (Å²) in [6.07, 6.45) is 1.97. The number of rotatable bonds is 3. The molecule has 1 atom stereocenters. The third-order valence-corrected chi connectivity index (χ3v) is 4.64. The Kier molecular flexibility index (Phi) is 3.78. The highest BCUT2D eigenvalue weighted by molar-refractivity contribution is 14.1. The van der Waals surface area contributed by atoms with Crippen molar-refractivity contribution >= 4 is 28.4 Å². The van der Waals surface area contributed by atoms with E-state index in [0.717, 1.165) is 39.2 Å². The van der Waals surface area contributed by atoms with Gasteiger partial charge in [0.25, 0.3) is 0 Å². The molecule has 0 radical (unpaired) electrons. The van der Waals surface area contributed by atoms with Crippen molar-refractivity contribution in [1.29, 1.82) is 0 Å². The van der Waals surface area contributed by atoms with Crippen molar-refractivity contribution in [3.63, 3.8) is 0 Å². The number of nitrogen functional groups attached to an aromatic ring is 1. The molecule has 5 heteroatoms. The first-order valence-electron chi connectivity index (χ1n) is 6.74. The monoisotopic (exact) mass is 381 g/mol.